The van der Waals surface area contributed by atoms with Crippen molar-refractivity contribution in [3.63, 3.8) is 0 Å². The first-order valence-electron chi connectivity index (χ1n) is 3.97. The first-order chi connectivity index (χ1) is 4.91. The Labute approximate surface area is 74.7 Å². The highest BCUT2D eigenvalue weighted by molar-refractivity contribution is 5.85. The Morgan fingerprint density at radius 2 is 1.82 bits per heavy atom. The van der Waals surface area contributed by atoms with Crippen LogP contribution in [0.2, 0.25) is 0 Å². The quantitative estimate of drug-likeness (QED) is 0.445. The van der Waals surface area contributed by atoms with Gasteiger partial charge in [0.1, 0.15) is 0 Å². The normalized spacial score (nSPS) is 8.45. The van der Waals surface area contributed by atoms with Crippen LogP contribution in [0.4, 0.5) is 0 Å². The first-order valence-corrected chi connectivity index (χ1v) is 3.97. The highest BCUT2D eigenvalue weighted by atomic mass is 35.5. The molecule has 0 rings (SSSR count). The minimum atomic E-state index is 0. The number of hydrogen-bond acceptors (Lipinski definition) is 2. The molecule has 0 aliphatic carbocycles. The molecule has 0 N–H and O–H groups in total. The zero-order valence-electron chi connectivity index (χ0n) is 7.04. The zero-order valence-corrected chi connectivity index (χ0v) is 7.86. The fourth-order valence-electron chi connectivity index (χ4n) is 0.837. The topological polar surface area (TPSA) is 26.3 Å². The summed E-state index contributed by atoms with van der Waals surface area (Å²) in [5, 5.41) is 0. The van der Waals surface area contributed by atoms with Gasteiger partial charge in [-0.1, -0.05) is 32.6 Å². The van der Waals surface area contributed by atoms with Crippen LogP contribution in [0, 0.1) is 0 Å². The van der Waals surface area contributed by atoms with Gasteiger partial charge in [0.05, 0.1) is 6.61 Å². The number of hydrogen-bond donors (Lipinski definition) is 0. The SMILES string of the molecule is CCCCCCCOC=O.Cl. The molecule has 68 valence electrons. The van der Waals surface area contributed by atoms with Crippen LogP contribution in [0.5, 0.6) is 0 Å². The zero-order chi connectivity index (χ0) is 7.66. The predicted octanol–water partition coefficient (Wildman–Crippen LogP) is 2.55. The van der Waals surface area contributed by atoms with Crippen molar-refractivity contribution in [3.05, 3.63) is 0 Å². The lowest BCUT2D eigenvalue weighted by Crippen LogP contribution is -1.90. The van der Waals surface area contributed by atoms with Gasteiger partial charge in [-0.25, -0.2) is 0 Å². The van der Waals surface area contributed by atoms with Crippen LogP contribution < -0.4 is 0 Å². The Bertz CT molecular complexity index is 76.5. The van der Waals surface area contributed by atoms with E-state index in [4.69, 9.17) is 0 Å². The van der Waals surface area contributed by atoms with Gasteiger partial charge in [0.15, 0.2) is 0 Å². The van der Waals surface area contributed by atoms with E-state index in [9.17, 15) is 4.79 Å². The average Bonchev–Trinajstić information content (AvgIpc) is 1.97. The molecule has 0 saturated heterocycles. The molecule has 0 fully saturated rings. The Kier molecular flexibility index (Phi) is 15.1. The molecule has 0 aliphatic rings. The third-order valence-electron chi connectivity index (χ3n) is 1.43. The van der Waals surface area contributed by atoms with Crippen molar-refractivity contribution in [1.29, 1.82) is 0 Å². The molecule has 0 atom stereocenters. The van der Waals surface area contributed by atoms with Crippen molar-refractivity contribution in [2.75, 3.05) is 6.61 Å². The average molecular weight is 181 g/mol. The third-order valence-corrected chi connectivity index (χ3v) is 1.43. The van der Waals surface area contributed by atoms with Gasteiger partial charge < -0.3 is 4.74 Å². The summed E-state index contributed by atoms with van der Waals surface area (Å²) in [7, 11) is 0. The number of halogens is 1. The summed E-state index contributed by atoms with van der Waals surface area (Å²) in [4.78, 5) is 9.67. The molecule has 0 saturated carbocycles. The fraction of sp³-hybridized carbons (Fsp3) is 0.875. The van der Waals surface area contributed by atoms with E-state index in [1.807, 2.05) is 0 Å². The molecular weight excluding hydrogens is 164 g/mol. The van der Waals surface area contributed by atoms with Crippen LogP contribution in [0.3, 0.4) is 0 Å². The lowest BCUT2D eigenvalue weighted by atomic mass is 10.2. The number of ether oxygens (including phenoxy) is 1. The van der Waals surface area contributed by atoms with E-state index in [1.165, 1.54) is 25.7 Å². The summed E-state index contributed by atoms with van der Waals surface area (Å²) >= 11 is 0. The van der Waals surface area contributed by atoms with Crippen LogP contribution in [-0.2, 0) is 9.53 Å². The summed E-state index contributed by atoms with van der Waals surface area (Å²) < 4.78 is 4.53. The molecule has 0 aromatic carbocycles. The third kappa shape index (κ3) is 12.9. The van der Waals surface area contributed by atoms with Crippen molar-refractivity contribution in [1.82, 2.24) is 0 Å². The molecule has 0 spiro atoms. The Hall–Kier alpha value is -0.240. The standard InChI is InChI=1S/C8H16O2.ClH/c1-2-3-4-5-6-7-10-8-9;/h8H,2-7H2,1H3;1H. The van der Waals surface area contributed by atoms with E-state index < -0.39 is 0 Å². The highest BCUT2D eigenvalue weighted by Crippen LogP contribution is 2.01. The minimum Gasteiger partial charge on any atom is -0.468 e. The first kappa shape index (κ1) is 13.4. The lowest BCUT2D eigenvalue weighted by Gasteiger charge is -1.97. The van der Waals surface area contributed by atoms with Crippen molar-refractivity contribution in [3.8, 4) is 0 Å². The van der Waals surface area contributed by atoms with E-state index in [0.29, 0.717) is 13.1 Å². The highest BCUT2D eigenvalue weighted by Gasteiger charge is 1.87. The monoisotopic (exact) mass is 180 g/mol. The Balaban J connectivity index is 0. The van der Waals surface area contributed by atoms with Crippen molar-refractivity contribution >= 4 is 18.9 Å². The van der Waals surface area contributed by atoms with Gasteiger partial charge in [0.25, 0.3) is 6.47 Å². The van der Waals surface area contributed by atoms with Gasteiger partial charge in [-0.3, -0.25) is 4.79 Å². The second-order valence-corrected chi connectivity index (χ2v) is 2.38. The molecule has 0 radical (unpaired) electrons. The summed E-state index contributed by atoms with van der Waals surface area (Å²) in [5.41, 5.74) is 0. The van der Waals surface area contributed by atoms with E-state index >= 15 is 0 Å². The molecule has 0 amide bonds. The Morgan fingerprint density at radius 1 is 1.18 bits per heavy atom. The fourth-order valence-corrected chi connectivity index (χ4v) is 0.837. The molecule has 0 heterocycles. The summed E-state index contributed by atoms with van der Waals surface area (Å²) in [5.74, 6) is 0. The number of unbranched alkanes of at least 4 members (excludes halogenated alkanes) is 4. The van der Waals surface area contributed by atoms with Gasteiger partial charge in [-0.15, -0.1) is 12.4 Å². The second-order valence-electron chi connectivity index (χ2n) is 2.38. The molecule has 0 unspecified atom stereocenters. The van der Waals surface area contributed by atoms with Crippen molar-refractivity contribution in [2.45, 2.75) is 39.0 Å². The van der Waals surface area contributed by atoms with Crippen LogP contribution in [0.15, 0.2) is 0 Å². The smallest absolute Gasteiger partial charge is 0.293 e. The second kappa shape index (κ2) is 12.4. The molecule has 0 bridgehead atoms. The van der Waals surface area contributed by atoms with Gasteiger partial charge in [0.2, 0.25) is 0 Å². The lowest BCUT2D eigenvalue weighted by molar-refractivity contribution is -0.128. The molecule has 0 aromatic rings. The molecule has 2 nitrogen and oxygen atoms in total. The van der Waals surface area contributed by atoms with Gasteiger partial charge in [0, 0.05) is 0 Å². The number of carbonyl (C=O) groups is 1. The maximum Gasteiger partial charge on any atom is 0.293 e. The maximum absolute atomic E-state index is 9.67. The molecule has 11 heavy (non-hydrogen) atoms. The van der Waals surface area contributed by atoms with Crippen LogP contribution in [0.1, 0.15) is 39.0 Å². The van der Waals surface area contributed by atoms with Crippen molar-refractivity contribution < 1.29 is 9.53 Å². The minimum absolute atomic E-state index is 0. The summed E-state index contributed by atoms with van der Waals surface area (Å²) in [6, 6.07) is 0. The number of carbonyl (C=O) groups excluding carboxylic acids is 1. The predicted molar refractivity (Wildman–Crippen MR) is 48.0 cm³/mol. The summed E-state index contributed by atoms with van der Waals surface area (Å²) in [6.07, 6.45) is 6.01. The van der Waals surface area contributed by atoms with Crippen LogP contribution in [0.25, 0.3) is 0 Å². The summed E-state index contributed by atoms with van der Waals surface area (Å²) in [6.45, 7) is 3.29. The molecule has 0 aromatic heterocycles. The van der Waals surface area contributed by atoms with Crippen LogP contribution >= 0.6 is 12.4 Å². The van der Waals surface area contributed by atoms with E-state index in [1.54, 1.807) is 0 Å². The molecular formula is C8H17ClO2. The van der Waals surface area contributed by atoms with Gasteiger partial charge >= 0.3 is 0 Å². The maximum atomic E-state index is 9.67. The largest absolute Gasteiger partial charge is 0.468 e. The van der Waals surface area contributed by atoms with E-state index in [0.717, 1.165) is 6.42 Å². The molecule has 3 heteroatoms. The van der Waals surface area contributed by atoms with Gasteiger partial charge in [-0.05, 0) is 6.42 Å². The van der Waals surface area contributed by atoms with E-state index in [-0.39, 0.29) is 12.4 Å². The number of rotatable bonds is 7. The van der Waals surface area contributed by atoms with Gasteiger partial charge in [-0.2, -0.15) is 0 Å². The van der Waals surface area contributed by atoms with E-state index in [2.05, 4.69) is 11.7 Å². The Morgan fingerprint density at radius 3 is 2.36 bits per heavy atom. The van der Waals surface area contributed by atoms with Crippen molar-refractivity contribution in [2.24, 2.45) is 0 Å². The van der Waals surface area contributed by atoms with Crippen LogP contribution in [-0.4, -0.2) is 13.1 Å². The molecule has 0 aliphatic heterocycles.